The monoisotopic (exact) mass is 211 g/mol. The highest BCUT2D eigenvalue weighted by atomic mass is 15.3. The molecule has 1 heteroatoms. The van der Waals surface area contributed by atoms with E-state index in [1.54, 1.807) is 0 Å². The Balaban J connectivity index is 3.42. The molecule has 90 valence electrons. The van der Waals surface area contributed by atoms with E-state index in [0.717, 1.165) is 0 Å². The molecule has 1 nitrogen and oxygen atoms in total. The van der Waals surface area contributed by atoms with E-state index in [0.29, 0.717) is 10.8 Å². The van der Waals surface area contributed by atoms with Crippen molar-refractivity contribution in [3.8, 4) is 0 Å². The zero-order valence-corrected chi connectivity index (χ0v) is 12.2. The Labute approximate surface area is 96.2 Å². The summed E-state index contributed by atoms with van der Waals surface area (Å²) in [7, 11) is 2.28. The van der Waals surface area contributed by atoms with E-state index in [9.17, 15) is 0 Å². The lowest BCUT2D eigenvalue weighted by Gasteiger charge is -2.48. The van der Waals surface area contributed by atoms with Crippen molar-refractivity contribution in [1.82, 2.24) is 4.90 Å². The summed E-state index contributed by atoms with van der Waals surface area (Å²) in [4.78, 5) is 2.57. The van der Waals surface area contributed by atoms with Gasteiger partial charge in [-0.3, -0.25) is 4.90 Å². The van der Waals surface area contributed by atoms with Crippen molar-refractivity contribution in [3.63, 3.8) is 0 Å². The smallest absolute Gasteiger partial charge is 0.0214 e. The molecule has 0 N–H and O–H groups in total. The molecule has 1 atom stereocenters. The molecule has 1 aliphatic heterocycles. The van der Waals surface area contributed by atoms with Crippen LogP contribution < -0.4 is 0 Å². The highest BCUT2D eigenvalue weighted by Gasteiger charge is 2.66. The van der Waals surface area contributed by atoms with Crippen LogP contribution in [0.5, 0.6) is 0 Å². The van der Waals surface area contributed by atoms with Gasteiger partial charge in [0, 0.05) is 11.1 Å². The van der Waals surface area contributed by atoms with Crippen LogP contribution in [0.4, 0.5) is 0 Å². The topological polar surface area (TPSA) is 3.24 Å². The third-order valence-electron chi connectivity index (χ3n) is 6.64. The third kappa shape index (κ3) is 1.13. The zero-order valence-electron chi connectivity index (χ0n) is 12.2. The third-order valence-corrected chi connectivity index (χ3v) is 6.64. The fourth-order valence-electron chi connectivity index (χ4n) is 3.80. The Hall–Kier alpha value is -0.0400. The Kier molecular flexibility index (Phi) is 2.60. The fourth-order valence-corrected chi connectivity index (χ4v) is 3.80. The number of hydrogen-bond donors (Lipinski definition) is 0. The normalized spacial score (nSPS) is 38.2. The number of rotatable bonds is 1. The van der Waals surface area contributed by atoms with Gasteiger partial charge in [-0.05, 0) is 52.0 Å². The van der Waals surface area contributed by atoms with E-state index >= 15 is 0 Å². The maximum Gasteiger partial charge on any atom is 0.0214 e. The van der Waals surface area contributed by atoms with Gasteiger partial charge in [0.05, 0.1) is 0 Å². The van der Waals surface area contributed by atoms with E-state index in [-0.39, 0.29) is 11.1 Å². The van der Waals surface area contributed by atoms with Crippen molar-refractivity contribution in [2.24, 2.45) is 10.8 Å². The van der Waals surface area contributed by atoms with Crippen LogP contribution in [0.1, 0.15) is 61.8 Å². The van der Waals surface area contributed by atoms with Gasteiger partial charge in [0.1, 0.15) is 0 Å². The maximum atomic E-state index is 2.57. The molecule has 1 rings (SSSR count). The summed E-state index contributed by atoms with van der Waals surface area (Å²) >= 11 is 0. The summed E-state index contributed by atoms with van der Waals surface area (Å²) in [5.74, 6) is 0. The van der Waals surface area contributed by atoms with Gasteiger partial charge in [-0.25, -0.2) is 0 Å². The lowest BCUT2D eigenvalue weighted by molar-refractivity contribution is 0.0443. The summed E-state index contributed by atoms with van der Waals surface area (Å²) in [6.45, 7) is 19.2. The van der Waals surface area contributed by atoms with Crippen molar-refractivity contribution in [3.05, 3.63) is 0 Å². The quantitative estimate of drug-likeness (QED) is 0.635. The minimum absolute atomic E-state index is 0.251. The number of likely N-dealkylation sites (tertiary alicyclic amines) is 1. The van der Waals surface area contributed by atoms with Gasteiger partial charge in [-0.2, -0.15) is 0 Å². The summed E-state index contributed by atoms with van der Waals surface area (Å²) in [5.41, 5.74) is 1.20. The second-order valence-electron chi connectivity index (χ2n) is 6.99. The van der Waals surface area contributed by atoms with Gasteiger partial charge in [0.2, 0.25) is 0 Å². The van der Waals surface area contributed by atoms with Gasteiger partial charge < -0.3 is 0 Å². The van der Waals surface area contributed by atoms with Gasteiger partial charge in [-0.15, -0.1) is 0 Å². The molecule has 0 spiro atoms. The molecule has 15 heavy (non-hydrogen) atoms. The summed E-state index contributed by atoms with van der Waals surface area (Å²) in [5, 5.41) is 0. The van der Waals surface area contributed by atoms with Crippen LogP contribution in [0.2, 0.25) is 0 Å². The molecule has 1 fully saturated rings. The minimum atomic E-state index is 0.251. The van der Waals surface area contributed by atoms with E-state index < -0.39 is 0 Å². The van der Waals surface area contributed by atoms with Gasteiger partial charge in [-0.1, -0.05) is 27.7 Å². The molecule has 1 saturated heterocycles. The van der Waals surface area contributed by atoms with Crippen molar-refractivity contribution in [2.75, 3.05) is 7.05 Å². The summed E-state index contributed by atoms with van der Waals surface area (Å²) in [6, 6.07) is 0. The molecule has 0 aromatic rings. The van der Waals surface area contributed by atoms with Crippen LogP contribution in [0, 0.1) is 10.8 Å². The van der Waals surface area contributed by atoms with Crippen LogP contribution in [-0.4, -0.2) is 23.0 Å². The van der Waals surface area contributed by atoms with Crippen LogP contribution >= 0.6 is 0 Å². The van der Waals surface area contributed by atoms with E-state index in [4.69, 9.17) is 0 Å². The molecule has 0 aromatic carbocycles. The molecule has 1 heterocycles. The Morgan fingerprint density at radius 2 is 1.20 bits per heavy atom. The van der Waals surface area contributed by atoms with E-state index in [1.807, 2.05) is 0 Å². The van der Waals surface area contributed by atoms with Crippen LogP contribution in [0.3, 0.4) is 0 Å². The van der Waals surface area contributed by atoms with Gasteiger partial charge in [0.15, 0.2) is 0 Å². The lowest BCUT2D eigenvalue weighted by Crippen LogP contribution is -2.49. The molecule has 0 saturated carbocycles. The Bertz CT molecular complexity index is 263. The van der Waals surface area contributed by atoms with E-state index in [2.05, 4.69) is 67.3 Å². The molecule has 1 unspecified atom stereocenters. The van der Waals surface area contributed by atoms with Gasteiger partial charge >= 0.3 is 0 Å². The first-order valence-corrected chi connectivity index (χ1v) is 6.21. The van der Waals surface area contributed by atoms with Crippen LogP contribution in [-0.2, 0) is 0 Å². The number of hydrogen-bond acceptors (Lipinski definition) is 1. The summed E-state index contributed by atoms with van der Waals surface area (Å²) in [6.07, 6.45) is 1.24. The first kappa shape index (κ1) is 13.0. The molecule has 1 aliphatic rings. The zero-order chi connectivity index (χ0) is 12.3. The molecular weight excluding hydrogens is 182 g/mol. The average Bonchev–Trinajstić information content (AvgIpc) is 2.18. The van der Waals surface area contributed by atoms with Crippen LogP contribution in [0.15, 0.2) is 0 Å². The summed E-state index contributed by atoms with van der Waals surface area (Å²) < 4.78 is 0. The van der Waals surface area contributed by atoms with Crippen molar-refractivity contribution in [1.29, 1.82) is 0 Å². The predicted octanol–water partition coefficient (Wildman–Crippen LogP) is 3.93. The molecule has 0 bridgehead atoms. The average molecular weight is 211 g/mol. The standard InChI is InChI=1S/C14H29N/c1-10-14(8)11(2,3)12(4,5)15(9)13(14,6)7/h10H2,1-9H3. The molecular formula is C14H29N. The molecule has 0 radical (unpaired) electrons. The number of nitrogens with zero attached hydrogens (tertiary/aromatic N) is 1. The van der Waals surface area contributed by atoms with E-state index in [1.165, 1.54) is 6.42 Å². The van der Waals surface area contributed by atoms with Gasteiger partial charge in [0.25, 0.3) is 0 Å². The predicted molar refractivity (Wildman–Crippen MR) is 68.1 cm³/mol. The Morgan fingerprint density at radius 3 is 1.33 bits per heavy atom. The lowest BCUT2D eigenvalue weighted by atomic mass is 9.55. The van der Waals surface area contributed by atoms with Crippen molar-refractivity contribution < 1.29 is 0 Å². The Morgan fingerprint density at radius 1 is 0.800 bits per heavy atom. The van der Waals surface area contributed by atoms with Crippen molar-refractivity contribution >= 4 is 0 Å². The highest BCUT2D eigenvalue weighted by molar-refractivity contribution is 5.19. The first-order chi connectivity index (χ1) is 6.47. The minimum Gasteiger partial charge on any atom is -0.295 e. The highest BCUT2D eigenvalue weighted by Crippen LogP contribution is 2.64. The maximum absolute atomic E-state index is 2.57. The molecule has 0 aromatic heterocycles. The second-order valence-corrected chi connectivity index (χ2v) is 6.99. The van der Waals surface area contributed by atoms with Crippen molar-refractivity contribution in [2.45, 2.75) is 72.9 Å². The van der Waals surface area contributed by atoms with Crippen LogP contribution in [0.25, 0.3) is 0 Å². The SMILES string of the molecule is CCC1(C)C(C)(C)N(C)C(C)(C)C1(C)C. The first-order valence-electron chi connectivity index (χ1n) is 6.21. The molecule has 0 amide bonds. The second kappa shape index (κ2) is 3.00. The fraction of sp³-hybridized carbons (Fsp3) is 1.00. The largest absolute Gasteiger partial charge is 0.295 e. The molecule has 0 aliphatic carbocycles.